The van der Waals surface area contributed by atoms with Gasteiger partial charge in [-0.05, 0) is 32.3 Å². The number of nitrogens with two attached hydrogens (primary N) is 1. The van der Waals surface area contributed by atoms with Gasteiger partial charge in [-0.3, -0.25) is 0 Å². The highest BCUT2D eigenvalue weighted by molar-refractivity contribution is 5.69. The van der Waals surface area contributed by atoms with Crippen LogP contribution in [0.1, 0.15) is 37.8 Å². The topological polar surface area (TPSA) is 120 Å². The molecule has 0 aromatic carbocycles. The molecule has 3 fully saturated rings. The maximum atomic E-state index is 12.7. The van der Waals surface area contributed by atoms with Gasteiger partial charge in [-0.15, -0.1) is 0 Å². The second kappa shape index (κ2) is 7.99. The van der Waals surface area contributed by atoms with Gasteiger partial charge < -0.3 is 25.0 Å². The second-order valence-corrected chi connectivity index (χ2v) is 8.12. The largest absolute Gasteiger partial charge is 0.450 e. The molecule has 2 aromatic heterocycles. The average Bonchev–Trinajstić information content (AvgIpc) is 3.43. The van der Waals surface area contributed by atoms with Crippen molar-refractivity contribution in [1.82, 2.24) is 24.8 Å². The lowest BCUT2D eigenvalue weighted by atomic mass is 10.2. The molecule has 32 heavy (non-hydrogen) atoms. The number of carbonyl (C=O) groups excluding carboxylic acids is 1. The third-order valence-corrected chi connectivity index (χ3v) is 5.96. The van der Waals surface area contributed by atoms with Crippen molar-refractivity contribution in [1.29, 1.82) is 0 Å². The van der Waals surface area contributed by atoms with Crippen molar-refractivity contribution in [2.45, 2.75) is 50.8 Å². The van der Waals surface area contributed by atoms with Gasteiger partial charge >= 0.3 is 12.7 Å². The van der Waals surface area contributed by atoms with E-state index in [9.17, 15) is 13.6 Å². The van der Waals surface area contributed by atoms with Crippen molar-refractivity contribution in [3.63, 3.8) is 0 Å². The fraction of sp³-hybridized carbons (Fsp3) is 0.550. The number of likely N-dealkylation sites (tertiary alicyclic amines) is 1. The van der Waals surface area contributed by atoms with Crippen molar-refractivity contribution in [3.05, 3.63) is 18.0 Å². The molecule has 10 nitrogen and oxygen atoms in total. The Bertz CT molecular complexity index is 1040. The summed E-state index contributed by atoms with van der Waals surface area (Å²) < 4.78 is 34.9. The number of hydrogen-bond donors (Lipinski definition) is 1. The molecule has 2 aliphatic heterocycles. The Balaban J connectivity index is 1.44. The van der Waals surface area contributed by atoms with E-state index in [1.54, 1.807) is 11.8 Å². The summed E-state index contributed by atoms with van der Waals surface area (Å²) in [6.07, 6.45) is 3.97. The molecule has 2 atom stereocenters. The second-order valence-electron chi connectivity index (χ2n) is 8.12. The molecular formula is C20H23F2N7O3. The van der Waals surface area contributed by atoms with E-state index in [0.29, 0.717) is 37.3 Å². The summed E-state index contributed by atoms with van der Waals surface area (Å²) in [5.74, 6) is 0.220. The molecule has 0 radical (unpaired) electrons. The molecule has 2 N–H and O–H groups in total. The molecule has 170 valence electrons. The molecular weight excluding hydrogens is 424 g/mol. The number of halogens is 2. The van der Waals surface area contributed by atoms with Crippen LogP contribution in [-0.2, 0) is 4.74 Å². The summed E-state index contributed by atoms with van der Waals surface area (Å²) in [6.45, 7) is 0.211. The molecule has 2 saturated heterocycles. The minimum atomic E-state index is -3.06. The van der Waals surface area contributed by atoms with E-state index in [1.165, 1.54) is 6.20 Å². The smallest absolute Gasteiger partial charge is 0.410 e. The number of nitrogens with zero attached hydrogens (tertiary/aromatic N) is 6. The Kier molecular flexibility index (Phi) is 5.14. The SMILES string of the molecule is CCOC(=O)N1C[C@@H]2C[C@H]1CN2c1nc(-c2cnc(N)c(OC(F)F)n2)cc(C2CC2)n1. The lowest BCUT2D eigenvalue weighted by Gasteiger charge is -2.33. The predicted octanol–water partition coefficient (Wildman–Crippen LogP) is 2.41. The monoisotopic (exact) mass is 447 g/mol. The molecule has 1 aliphatic carbocycles. The Morgan fingerprint density at radius 2 is 2.03 bits per heavy atom. The Morgan fingerprint density at radius 1 is 1.22 bits per heavy atom. The van der Waals surface area contributed by atoms with Crippen LogP contribution in [0.3, 0.4) is 0 Å². The van der Waals surface area contributed by atoms with Crippen LogP contribution in [0, 0.1) is 0 Å². The van der Waals surface area contributed by atoms with E-state index in [1.807, 2.05) is 6.07 Å². The molecule has 1 saturated carbocycles. The molecule has 0 unspecified atom stereocenters. The highest BCUT2D eigenvalue weighted by Gasteiger charge is 2.47. The van der Waals surface area contributed by atoms with Gasteiger partial charge in [-0.2, -0.15) is 8.78 Å². The minimum Gasteiger partial charge on any atom is -0.450 e. The van der Waals surface area contributed by atoms with E-state index < -0.39 is 12.5 Å². The zero-order valence-electron chi connectivity index (χ0n) is 17.4. The zero-order chi connectivity index (χ0) is 22.4. The molecule has 0 spiro atoms. The van der Waals surface area contributed by atoms with Crippen molar-refractivity contribution < 1.29 is 23.0 Å². The third-order valence-electron chi connectivity index (χ3n) is 5.96. The highest BCUT2D eigenvalue weighted by Crippen LogP contribution is 2.41. The van der Waals surface area contributed by atoms with Crippen LogP contribution >= 0.6 is 0 Å². The first kappa shape index (κ1) is 20.6. The van der Waals surface area contributed by atoms with E-state index in [0.717, 1.165) is 25.0 Å². The molecule has 12 heteroatoms. The van der Waals surface area contributed by atoms with Crippen molar-refractivity contribution in [3.8, 4) is 17.3 Å². The fourth-order valence-electron chi connectivity index (χ4n) is 4.32. The molecule has 1 amide bonds. The molecule has 2 bridgehead atoms. The van der Waals surface area contributed by atoms with Gasteiger partial charge in [-0.25, -0.2) is 24.7 Å². The molecule has 2 aromatic rings. The average molecular weight is 447 g/mol. The zero-order valence-corrected chi connectivity index (χ0v) is 17.4. The molecule has 5 rings (SSSR count). The number of hydrogen-bond acceptors (Lipinski definition) is 9. The summed E-state index contributed by atoms with van der Waals surface area (Å²) in [6, 6.07) is 1.94. The summed E-state index contributed by atoms with van der Waals surface area (Å²) >= 11 is 0. The maximum absolute atomic E-state index is 12.7. The van der Waals surface area contributed by atoms with Crippen LogP contribution < -0.4 is 15.4 Å². The van der Waals surface area contributed by atoms with Crippen LogP contribution in [0.5, 0.6) is 5.88 Å². The number of alkyl halides is 2. The van der Waals surface area contributed by atoms with Gasteiger partial charge in [0, 0.05) is 24.7 Å². The Hall–Kier alpha value is -3.31. The number of fused-ring (bicyclic) bond motifs is 2. The van der Waals surface area contributed by atoms with E-state index in [-0.39, 0.29) is 29.7 Å². The number of ether oxygens (including phenoxy) is 2. The Labute approximate surface area is 182 Å². The third kappa shape index (κ3) is 3.84. The van der Waals surface area contributed by atoms with Gasteiger partial charge in [0.05, 0.1) is 30.6 Å². The maximum Gasteiger partial charge on any atom is 0.410 e. The predicted molar refractivity (Wildman–Crippen MR) is 109 cm³/mol. The van der Waals surface area contributed by atoms with E-state index in [4.69, 9.17) is 15.5 Å². The number of nitrogen functional groups attached to an aromatic ring is 1. The number of rotatable bonds is 6. The van der Waals surface area contributed by atoms with Gasteiger partial charge in [-0.1, -0.05) is 0 Å². The molecule has 4 heterocycles. The van der Waals surface area contributed by atoms with E-state index in [2.05, 4.69) is 24.6 Å². The number of piperazine rings is 1. The first-order valence-corrected chi connectivity index (χ1v) is 10.6. The van der Waals surface area contributed by atoms with Crippen LogP contribution in [0.2, 0.25) is 0 Å². The van der Waals surface area contributed by atoms with Crippen molar-refractivity contribution >= 4 is 17.9 Å². The summed E-state index contributed by atoms with van der Waals surface area (Å²) in [5.41, 5.74) is 7.24. The number of anilines is 2. The van der Waals surface area contributed by atoms with Gasteiger partial charge in [0.2, 0.25) is 5.95 Å². The summed E-state index contributed by atoms with van der Waals surface area (Å²) in [7, 11) is 0. The van der Waals surface area contributed by atoms with E-state index >= 15 is 0 Å². The normalized spacial score (nSPS) is 22.0. The van der Waals surface area contributed by atoms with Crippen LogP contribution in [0.15, 0.2) is 12.3 Å². The van der Waals surface area contributed by atoms with Crippen LogP contribution in [-0.4, -0.2) is 69.3 Å². The number of carbonyl (C=O) groups is 1. The Morgan fingerprint density at radius 3 is 2.69 bits per heavy atom. The van der Waals surface area contributed by atoms with Gasteiger partial charge in [0.25, 0.3) is 5.88 Å². The summed E-state index contributed by atoms with van der Waals surface area (Å²) in [4.78, 5) is 33.5. The lowest BCUT2D eigenvalue weighted by Crippen LogP contribution is -2.49. The molecule has 3 aliphatic rings. The summed E-state index contributed by atoms with van der Waals surface area (Å²) in [5, 5.41) is 0. The number of amides is 1. The lowest BCUT2D eigenvalue weighted by molar-refractivity contribution is -0.0524. The number of aromatic nitrogens is 4. The standard InChI is InChI=1S/C20H23F2N7O3/c1-2-31-20(30)29-9-11-5-12(29)8-28(11)19-26-13(10-3-4-10)6-14(27-19)15-7-24-16(23)17(25-15)32-18(21)22/h6-7,10-12,18H,2-5,8-9H2,1H3,(H2,23,24)/t11-,12-/m0/s1. The first-order chi connectivity index (χ1) is 15.4. The van der Waals surface area contributed by atoms with Crippen LogP contribution in [0.25, 0.3) is 11.4 Å². The van der Waals surface area contributed by atoms with Gasteiger partial charge in [0.15, 0.2) is 5.82 Å². The van der Waals surface area contributed by atoms with Gasteiger partial charge in [0.1, 0.15) is 5.69 Å². The van der Waals surface area contributed by atoms with Crippen molar-refractivity contribution in [2.75, 3.05) is 30.3 Å². The first-order valence-electron chi connectivity index (χ1n) is 10.6. The minimum absolute atomic E-state index is 0.0399. The van der Waals surface area contributed by atoms with Crippen molar-refractivity contribution in [2.24, 2.45) is 0 Å². The fourth-order valence-corrected chi connectivity index (χ4v) is 4.32. The highest BCUT2D eigenvalue weighted by atomic mass is 19.3. The van der Waals surface area contributed by atoms with Crippen LogP contribution in [0.4, 0.5) is 25.3 Å². The quantitative estimate of drug-likeness (QED) is 0.712.